The van der Waals surface area contributed by atoms with Gasteiger partial charge in [-0.2, -0.15) is 0 Å². The van der Waals surface area contributed by atoms with E-state index in [1.165, 1.54) is 6.08 Å². The van der Waals surface area contributed by atoms with Gasteiger partial charge in [-0.3, -0.25) is 0 Å². The predicted molar refractivity (Wildman–Crippen MR) is 127 cm³/mol. The molecule has 6 heteroatoms. The van der Waals surface area contributed by atoms with Crippen LogP contribution in [0.3, 0.4) is 0 Å². The van der Waals surface area contributed by atoms with E-state index in [1.54, 1.807) is 0 Å². The van der Waals surface area contributed by atoms with Gasteiger partial charge in [-0.25, -0.2) is 4.79 Å². The van der Waals surface area contributed by atoms with Gasteiger partial charge in [-0.15, -0.1) is 0 Å². The fourth-order valence-corrected chi connectivity index (χ4v) is 6.90. The lowest BCUT2D eigenvalue weighted by Crippen LogP contribution is -2.54. The van der Waals surface area contributed by atoms with Crippen LogP contribution in [0, 0.1) is 0 Å². The topological polar surface area (TPSA) is 54.0 Å². The second-order valence-electron chi connectivity index (χ2n) is 8.71. The maximum Gasteiger partial charge on any atom is 0.501 e. The van der Waals surface area contributed by atoms with Gasteiger partial charge >= 0.3 is 14.8 Å². The number of hydrogen-bond acceptors (Lipinski definition) is 5. The van der Waals surface area contributed by atoms with E-state index in [9.17, 15) is 4.79 Å². The SMILES string of the molecule is C=CC(=O)OC(C)CCCCC(C)(CC)O[Si](CCC)(OC(C)CC)OC(C)CC. The Bertz CT molecular complexity index is 472. The van der Waals surface area contributed by atoms with Gasteiger partial charge in [0.25, 0.3) is 0 Å². The van der Waals surface area contributed by atoms with Crippen LogP contribution in [0.15, 0.2) is 12.7 Å². The molecular formula is C24H48O5Si. The van der Waals surface area contributed by atoms with Crippen molar-refractivity contribution >= 4 is 14.8 Å². The Labute approximate surface area is 187 Å². The van der Waals surface area contributed by atoms with Crippen molar-refractivity contribution in [1.29, 1.82) is 0 Å². The first kappa shape index (κ1) is 29.3. The molecule has 0 aliphatic carbocycles. The zero-order valence-corrected chi connectivity index (χ0v) is 21.9. The molecule has 5 nitrogen and oxygen atoms in total. The molecule has 0 aromatic carbocycles. The van der Waals surface area contributed by atoms with Gasteiger partial charge in [0.15, 0.2) is 0 Å². The molecule has 0 fully saturated rings. The molecule has 0 aliphatic heterocycles. The van der Waals surface area contributed by atoms with E-state index in [0.717, 1.165) is 57.4 Å². The zero-order valence-electron chi connectivity index (χ0n) is 20.9. The number of hydrogen-bond donors (Lipinski definition) is 0. The Kier molecular flexibility index (Phi) is 14.8. The van der Waals surface area contributed by atoms with Crippen LogP contribution in [0.2, 0.25) is 6.04 Å². The first-order valence-electron chi connectivity index (χ1n) is 12.0. The summed E-state index contributed by atoms with van der Waals surface area (Å²) in [6.07, 6.45) is 8.86. The predicted octanol–water partition coefficient (Wildman–Crippen LogP) is 6.83. The van der Waals surface area contributed by atoms with Crippen LogP contribution < -0.4 is 0 Å². The van der Waals surface area contributed by atoms with Crippen molar-refractivity contribution in [2.24, 2.45) is 0 Å². The van der Waals surface area contributed by atoms with E-state index in [-0.39, 0.29) is 29.9 Å². The maximum atomic E-state index is 11.3. The monoisotopic (exact) mass is 444 g/mol. The van der Waals surface area contributed by atoms with E-state index >= 15 is 0 Å². The normalized spacial score (nSPS) is 18.7. The number of carbonyl (C=O) groups is 1. The highest BCUT2D eigenvalue weighted by Crippen LogP contribution is 2.33. The molecule has 0 aromatic heterocycles. The van der Waals surface area contributed by atoms with Crippen LogP contribution in [0.4, 0.5) is 0 Å². The van der Waals surface area contributed by atoms with E-state index in [1.807, 2.05) is 6.92 Å². The summed E-state index contributed by atoms with van der Waals surface area (Å²) in [6, 6.07) is 0.839. The number of unbranched alkanes of at least 4 members (excludes halogenated alkanes) is 1. The Morgan fingerprint density at radius 2 is 1.57 bits per heavy atom. The third-order valence-corrected chi connectivity index (χ3v) is 9.11. The highest BCUT2D eigenvalue weighted by molar-refractivity contribution is 6.61. The van der Waals surface area contributed by atoms with E-state index in [2.05, 4.69) is 55.0 Å². The molecule has 0 N–H and O–H groups in total. The molecule has 0 aromatic rings. The third kappa shape index (κ3) is 11.6. The lowest BCUT2D eigenvalue weighted by molar-refractivity contribution is -0.142. The highest BCUT2D eigenvalue weighted by Gasteiger charge is 2.47. The minimum absolute atomic E-state index is 0.0969. The van der Waals surface area contributed by atoms with Crippen molar-refractivity contribution in [3.8, 4) is 0 Å². The molecule has 0 rings (SSSR count). The summed E-state index contributed by atoms with van der Waals surface area (Å²) in [5.74, 6) is -0.357. The molecule has 0 saturated heterocycles. The van der Waals surface area contributed by atoms with Gasteiger partial charge < -0.3 is 18.0 Å². The van der Waals surface area contributed by atoms with Crippen molar-refractivity contribution in [2.45, 2.75) is 137 Å². The number of esters is 1. The molecule has 4 atom stereocenters. The van der Waals surface area contributed by atoms with Crippen molar-refractivity contribution in [1.82, 2.24) is 0 Å². The summed E-state index contributed by atoms with van der Waals surface area (Å²) in [7, 11) is -2.81. The van der Waals surface area contributed by atoms with Crippen LogP contribution in [0.1, 0.15) is 107 Å². The Morgan fingerprint density at radius 3 is 2.00 bits per heavy atom. The van der Waals surface area contributed by atoms with Crippen LogP contribution in [0.25, 0.3) is 0 Å². The maximum absolute atomic E-state index is 11.3. The summed E-state index contributed by atoms with van der Waals surface area (Å²) < 4.78 is 25.2. The second-order valence-corrected chi connectivity index (χ2v) is 11.3. The lowest BCUT2D eigenvalue weighted by atomic mass is 9.95. The molecule has 0 aliphatic rings. The van der Waals surface area contributed by atoms with Crippen LogP contribution >= 0.6 is 0 Å². The Morgan fingerprint density at radius 1 is 1.00 bits per heavy atom. The first-order valence-corrected chi connectivity index (χ1v) is 13.9. The molecule has 0 amide bonds. The largest absolute Gasteiger partial charge is 0.501 e. The molecular weight excluding hydrogens is 396 g/mol. The Hall–Kier alpha value is -0.693. The van der Waals surface area contributed by atoms with Gasteiger partial charge in [0.2, 0.25) is 0 Å². The summed E-state index contributed by atoms with van der Waals surface area (Å²) in [5.41, 5.74) is -0.288. The standard InChI is InChI=1S/C24H48O5Si/c1-10-19-30(27-20(6)11-2,28-21(7)12-3)29-24(9,14-5)18-16-15-17-22(8)26-23(25)13-4/h13,20-22H,4,10-12,14-19H2,1-3,5-9H3. The van der Waals surface area contributed by atoms with E-state index < -0.39 is 8.80 Å². The molecule has 0 heterocycles. The van der Waals surface area contributed by atoms with Crippen molar-refractivity contribution in [2.75, 3.05) is 0 Å². The van der Waals surface area contributed by atoms with Gasteiger partial charge in [0.1, 0.15) is 0 Å². The van der Waals surface area contributed by atoms with E-state index in [0.29, 0.717) is 0 Å². The minimum atomic E-state index is -2.81. The molecule has 0 spiro atoms. The molecule has 0 saturated carbocycles. The van der Waals surface area contributed by atoms with Gasteiger partial charge in [-0.1, -0.05) is 47.1 Å². The quantitative estimate of drug-likeness (QED) is 0.100. The van der Waals surface area contributed by atoms with E-state index in [4.69, 9.17) is 18.0 Å². The number of ether oxygens (including phenoxy) is 1. The minimum Gasteiger partial charge on any atom is -0.460 e. The average molecular weight is 445 g/mol. The van der Waals surface area contributed by atoms with Crippen molar-refractivity contribution in [3.63, 3.8) is 0 Å². The fourth-order valence-electron chi connectivity index (χ4n) is 3.24. The molecule has 178 valence electrons. The summed E-state index contributed by atoms with van der Waals surface area (Å²) in [4.78, 5) is 11.3. The second kappa shape index (κ2) is 15.2. The Balaban J connectivity index is 5.13. The average Bonchev–Trinajstić information content (AvgIpc) is 2.70. The lowest BCUT2D eigenvalue weighted by Gasteiger charge is -2.41. The van der Waals surface area contributed by atoms with Gasteiger partial charge in [0.05, 0.1) is 11.7 Å². The summed E-state index contributed by atoms with van der Waals surface area (Å²) in [5, 5.41) is 0. The number of rotatable bonds is 18. The van der Waals surface area contributed by atoms with Crippen LogP contribution in [-0.2, 0) is 22.8 Å². The summed E-state index contributed by atoms with van der Waals surface area (Å²) in [6.45, 7) is 20.4. The van der Waals surface area contributed by atoms with Crippen molar-refractivity contribution < 1.29 is 22.8 Å². The molecule has 0 radical (unpaired) electrons. The highest BCUT2D eigenvalue weighted by atomic mass is 28.4. The smallest absolute Gasteiger partial charge is 0.460 e. The first-order chi connectivity index (χ1) is 14.1. The molecule has 0 bridgehead atoms. The molecule has 4 unspecified atom stereocenters. The zero-order chi connectivity index (χ0) is 23.2. The van der Waals surface area contributed by atoms with Crippen molar-refractivity contribution in [3.05, 3.63) is 12.7 Å². The molecule has 30 heavy (non-hydrogen) atoms. The van der Waals surface area contributed by atoms with Gasteiger partial charge in [0, 0.05) is 24.3 Å². The third-order valence-electron chi connectivity index (χ3n) is 5.67. The summed E-state index contributed by atoms with van der Waals surface area (Å²) >= 11 is 0. The van der Waals surface area contributed by atoms with Crippen LogP contribution in [0.5, 0.6) is 0 Å². The van der Waals surface area contributed by atoms with Gasteiger partial charge in [-0.05, 0) is 66.2 Å². The number of carbonyl (C=O) groups excluding carboxylic acids is 1. The van der Waals surface area contributed by atoms with Crippen LogP contribution in [-0.4, -0.2) is 38.7 Å². The fraction of sp³-hybridized carbons (Fsp3) is 0.875.